The van der Waals surface area contributed by atoms with Gasteiger partial charge in [0.05, 0.1) is 13.2 Å². The van der Waals surface area contributed by atoms with Crippen molar-refractivity contribution in [2.45, 2.75) is 38.8 Å². The molecule has 0 aliphatic heterocycles. The lowest BCUT2D eigenvalue weighted by molar-refractivity contribution is 0.0339. The largest absolute Gasteiger partial charge is 0.497 e. The minimum Gasteiger partial charge on any atom is -0.497 e. The molecule has 0 aliphatic carbocycles. The first-order valence-corrected chi connectivity index (χ1v) is 6.66. The van der Waals surface area contributed by atoms with Gasteiger partial charge in [-0.3, -0.25) is 0 Å². The van der Waals surface area contributed by atoms with E-state index in [1.165, 1.54) is 5.56 Å². The number of likely N-dealkylation sites (N-methyl/N-ethyl adjacent to an activating group) is 1. The van der Waals surface area contributed by atoms with Gasteiger partial charge in [0.15, 0.2) is 0 Å². The molecule has 2 atom stereocenters. The van der Waals surface area contributed by atoms with Crippen LogP contribution in [0.4, 0.5) is 0 Å². The zero-order valence-electron chi connectivity index (χ0n) is 11.9. The predicted molar refractivity (Wildman–Crippen MR) is 75.3 cm³/mol. The first-order valence-electron chi connectivity index (χ1n) is 6.66. The normalized spacial score (nSPS) is 14.2. The average Bonchev–Trinajstić information content (AvgIpc) is 2.42. The van der Waals surface area contributed by atoms with Gasteiger partial charge >= 0.3 is 0 Å². The highest BCUT2D eigenvalue weighted by molar-refractivity contribution is 5.29. The number of hydrogen-bond donors (Lipinski definition) is 1. The maximum atomic E-state index is 5.78. The van der Waals surface area contributed by atoms with E-state index in [0.717, 1.165) is 25.2 Å². The molecule has 1 rings (SSSR count). The molecule has 0 amide bonds. The van der Waals surface area contributed by atoms with Gasteiger partial charge in [-0.25, -0.2) is 0 Å². The van der Waals surface area contributed by atoms with Crippen LogP contribution in [0.5, 0.6) is 5.75 Å². The van der Waals surface area contributed by atoms with Gasteiger partial charge in [-0.1, -0.05) is 19.1 Å². The van der Waals surface area contributed by atoms with E-state index in [1.54, 1.807) is 7.11 Å². The highest BCUT2D eigenvalue weighted by Crippen LogP contribution is 2.16. The van der Waals surface area contributed by atoms with E-state index >= 15 is 0 Å². The molecule has 0 saturated carbocycles. The fraction of sp³-hybridized carbons (Fsp3) is 0.600. The molecule has 18 heavy (non-hydrogen) atoms. The quantitative estimate of drug-likeness (QED) is 0.770. The second kappa shape index (κ2) is 8.11. The molecule has 0 radical (unpaired) electrons. The second-order valence-electron chi connectivity index (χ2n) is 4.35. The van der Waals surface area contributed by atoms with Gasteiger partial charge in [0.2, 0.25) is 0 Å². The first kappa shape index (κ1) is 15.0. The zero-order valence-corrected chi connectivity index (χ0v) is 11.9. The second-order valence-corrected chi connectivity index (χ2v) is 4.35. The van der Waals surface area contributed by atoms with Crippen LogP contribution in [0.3, 0.4) is 0 Å². The third kappa shape index (κ3) is 4.31. The Bertz CT molecular complexity index is 341. The van der Waals surface area contributed by atoms with E-state index < -0.39 is 0 Å². The molecule has 3 nitrogen and oxygen atoms in total. The average molecular weight is 251 g/mol. The molecule has 3 heteroatoms. The van der Waals surface area contributed by atoms with Gasteiger partial charge in [-0.05, 0) is 44.5 Å². The molecule has 0 aliphatic rings. The molecule has 0 fully saturated rings. The van der Waals surface area contributed by atoms with E-state index in [-0.39, 0.29) is 6.10 Å². The Labute approximate surface area is 110 Å². The first-order chi connectivity index (χ1) is 8.74. The third-order valence-corrected chi connectivity index (χ3v) is 3.19. The summed E-state index contributed by atoms with van der Waals surface area (Å²) < 4.78 is 11.0. The minimum atomic E-state index is 0.256. The number of nitrogens with one attached hydrogen (secondary N) is 1. The zero-order chi connectivity index (χ0) is 13.4. The number of benzene rings is 1. The Balaban J connectivity index is 2.71. The van der Waals surface area contributed by atoms with E-state index in [1.807, 2.05) is 26.1 Å². The van der Waals surface area contributed by atoms with E-state index in [4.69, 9.17) is 9.47 Å². The highest BCUT2D eigenvalue weighted by Gasteiger charge is 2.19. The van der Waals surface area contributed by atoms with Crippen molar-refractivity contribution in [1.82, 2.24) is 5.32 Å². The van der Waals surface area contributed by atoms with Gasteiger partial charge in [-0.2, -0.15) is 0 Å². The van der Waals surface area contributed by atoms with Crippen molar-refractivity contribution in [3.63, 3.8) is 0 Å². The van der Waals surface area contributed by atoms with Gasteiger partial charge in [-0.15, -0.1) is 0 Å². The molecule has 0 saturated heterocycles. The Morgan fingerprint density at radius 1 is 1.28 bits per heavy atom. The molecule has 2 unspecified atom stereocenters. The highest BCUT2D eigenvalue weighted by atomic mass is 16.5. The van der Waals surface area contributed by atoms with Crippen LogP contribution in [-0.4, -0.2) is 32.9 Å². The van der Waals surface area contributed by atoms with Crippen molar-refractivity contribution >= 4 is 0 Å². The molecule has 1 N–H and O–H groups in total. The van der Waals surface area contributed by atoms with Crippen molar-refractivity contribution in [2.24, 2.45) is 0 Å². The summed E-state index contributed by atoms with van der Waals surface area (Å²) in [7, 11) is 3.69. The van der Waals surface area contributed by atoms with Gasteiger partial charge < -0.3 is 14.8 Å². The van der Waals surface area contributed by atoms with Crippen LogP contribution in [-0.2, 0) is 11.2 Å². The van der Waals surface area contributed by atoms with Crippen LogP contribution < -0.4 is 10.1 Å². The standard InChI is InChI=1S/C15H25NO2/c1-5-15(18-6-2)14(16-3)11-12-8-7-9-13(10-12)17-4/h7-10,14-16H,5-6,11H2,1-4H3. The molecule has 0 aromatic heterocycles. The Morgan fingerprint density at radius 2 is 2.06 bits per heavy atom. The Kier molecular flexibility index (Phi) is 6.76. The Hall–Kier alpha value is -1.06. The summed E-state index contributed by atoms with van der Waals surface area (Å²) in [6.45, 7) is 4.96. The SMILES string of the molecule is CCOC(CC)C(Cc1cccc(OC)c1)NC. The summed E-state index contributed by atoms with van der Waals surface area (Å²) in [6, 6.07) is 8.55. The van der Waals surface area contributed by atoms with Crippen molar-refractivity contribution in [1.29, 1.82) is 0 Å². The smallest absolute Gasteiger partial charge is 0.119 e. The van der Waals surface area contributed by atoms with Crippen molar-refractivity contribution in [3.05, 3.63) is 29.8 Å². The molecule has 0 bridgehead atoms. The summed E-state index contributed by atoms with van der Waals surface area (Å²) in [5.41, 5.74) is 1.27. The number of hydrogen-bond acceptors (Lipinski definition) is 3. The van der Waals surface area contributed by atoms with Crippen LogP contribution in [0.15, 0.2) is 24.3 Å². The lowest BCUT2D eigenvalue weighted by Crippen LogP contribution is -2.40. The van der Waals surface area contributed by atoms with E-state index in [0.29, 0.717) is 6.04 Å². The van der Waals surface area contributed by atoms with Crippen molar-refractivity contribution in [3.8, 4) is 5.75 Å². The van der Waals surface area contributed by atoms with E-state index in [9.17, 15) is 0 Å². The lowest BCUT2D eigenvalue weighted by Gasteiger charge is -2.26. The third-order valence-electron chi connectivity index (χ3n) is 3.19. The Morgan fingerprint density at radius 3 is 2.61 bits per heavy atom. The lowest BCUT2D eigenvalue weighted by atomic mass is 9.99. The van der Waals surface area contributed by atoms with Crippen LogP contribution in [0.2, 0.25) is 0 Å². The van der Waals surface area contributed by atoms with E-state index in [2.05, 4.69) is 24.4 Å². The topological polar surface area (TPSA) is 30.5 Å². The molecule has 1 aromatic carbocycles. The minimum absolute atomic E-state index is 0.256. The van der Waals surface area contributed by atoms with Crippen LogP contribution >= 0.6 is 0 Å². The maximum absolute atomic E-state index is 5.78. The summed E-state index contributed by atoms with van der Waals surface area (Å²) in [4.78, 5) is 0. The molecule has 0 spiro atoms. The maximum Gasteiger partial charge on any atom is 0.119 e. The molecule has 0 heterocycles. The molecular weight excluding hydrogens is 226 g/mol. The number of methoxy groups -OCH3 is 1. The number of ether oxygens (including phenoxy) is 2. The fourth-order valence-electron chi connectivity index (χ4n) is 2.21. The fourth-order valence-corrected chi connectivity index (χ4v) is 2.21. The van der Waals surface area contributed by atoms with Gasteiger partial charge in [0.25, 0.3) is 0 Å². The summed E-state index contributed by atoms with van der Waals surface area (Å²) in [5, 5.41) is 3.36. The number of rotatable bonds is 8. The van der Waals surface area contributed by atoms with Gasteiger partial charge in [0, 0.05) is 12.6 Å². The van der Waals surface area contributed by atoms with Crippen LogP contribution in [0.25, 0.3) is 0 Å². The summed E-state index contributed by atoms with van der Waals surface area (Å²) in [5.74, 6) is 0.909. The predicted octanol–water partition coefficient (Wildman–Crippen LogP) is 2.64. The van der Waals surface area contributed by atoms with Crippen LogP contribution in [0.1, 0.15) is 25.8 Å². The summed E-state index contributed by atoms with van der Waals surface area (Å²) in [6.07, 6.45) is 2.22. The monoisotopic (exact) mass is 251 g/mol. The molecule has 1 aromatic rings. The van der Waals surface area contributed by atoms with Gasteiger partial charge in [0.1, 0.15) is 5.75 Å². The summed E-state index contributed by atoms with van der Waals surface area (Å²) >= 11 is 0. The van der Waals surface area contributed by atoms with Crippen LogP contribution in [0, 0.1) is 0 Å². The van der Waals surface area contributed by atoms with Crippen molar-refractivity contribution < 1.29 is 9.47 Å². The van der Waals surface area contributed by atoms with Crippen molar-refractivity contribution in [2.75, 3.05) is 20.8 Å². The molecule has 102 valence electrons. The molecular formula is C15H25NO2.